The molecular weight excluding hydrogens is 262 g/mol. The largest absolute Gasteiger partial charge is 0.384 e. The summed E-state index contributed by atoms with van der Waals surface area (Å²) in [4.78, 5) is 2.26. The molecule has 0 aromatic carbocycles. The van der Waals surface area contributed by atoms with E-state index in [1.54, 1.807) is 0 Å². The molecule has 0 saturated carbocycles. The number of aromatic nitrogens is 2. The molecule has 1 fully saturated rings. The zero-order valence-electron chi connectivity index (χ0n) is 13.6. The van der Waals surface area contributed by atoms with E-state index >= 15 is 0 Å². The van der Waals surface area contributed by atoms with Crippen LogP contribution in [0.2, 0.25) is 0 Å². The highest BCUT2D eigenvalue weighted by molar-refractivity contribution is 6.01. The lowest BCUT2D eigenvalue weighted by atomic mass is 9.95. The maximum absolute atomic E-state index is 7.97. The Morgan fingerprint density at radius 2 is 2.05 bits per heavy atom. The molecule has 1 aliphatic heterocycles. The van der Waals surface area contributed by atoms with Crippen LogP contribution in [0, 0.1) is 17.2 Å². The van der Waals surface area contributed by atoms with E-state index in [9.17, 15) is 0 Å². The Hall–Kier alpha value is -1.65. The summed E-state index contributed by atoms with van der Waals surface area (Å²) in [5.41, 5.74) is 8.72. The monoisotopic (exact) mass is 289 g/mol. The maximum atomic E-state index is 7.97. The van der Waals surface area contributed by atoms with E-state index in [1.165, 1.54) is 6.42 Å². The van der Waals surface area contributed by atoms with Gasteiger partial charge in [-0.2, -0.15) is 5.10 Å². The number of aryl methyl sites for hydroxylation is 1. The smallest absolute Gasteiger partial charge is 0.162 e. The lowest BCUT2D eigenvalue weighted by Crippen LogP contribution is -2.28. The van der Waals surface area contributed by atoms with Gasteiger partial charge in [0.15, 0.2) is 5.82 Å². The minimum absolute atomic E-state index is 0.111. The van der Waals surface area contributed by atoms with Crippen LogP contribution in [0.1, 0.15) is 50.9 Å². The molecule has 5 heteroatoms. The first-order valence-electron chi connectivity index (χ1n) is 7.97. The van der Waals surface area contributed by atoms with Crippen molar-refractivity contribution in [1.82, 2.24) is 10.2 Å². The maximum Gasteiger partial charge on any atom is 0.162 e. The van der Waals surface area contributed by atoms with Crippen molar-refractivity contribution in [1.29, 1.82) is 5.41 Å². The molecule has 1 unspecified atom stereocenters. The summed E-state index contributed by atoms with van der Waals surface area (Å²) in [6.45, 7) is 10.7. The average molecular weight is 289 g/mol. The SMILES string of the molecule is CCc1nnc(N2CCC(C(C)C)C2)c(C(=N)N)c1CC. The molecular formula is C16H27N5. The van der Waals surface area contributed by atoms with Gasteiger partial charge < -0.3 is 10.6 Å². The number of hydrogen-bond acceptors (Lipinski definition) is 4. The summed E-state index contributed by atoms with van der Waals surface area (Å²) < 4.78 is 0. The van der Waals surface area contributed by atoms with Crippen LogP contribution in [0.5, 0.6) is 0 Å². The van der Waals surface area contributed by atoms with Crippen LogP contribution in [0.3, 0.4) is 0 Å². The van der Waals surface area contributed by atoms with Gasteiger partial charge in [-0.05, 0) is 36.7 Å². The van der Waals surface area contributed by atoms with Gasteiger partial charge in [0.25, 0.3) is 0 Å². The molecule has 1 aromatic heterocycles. The van der Waals surface area contributed by atoms with Crippen LogP contribution >= 0.6 is 0 Å². The summed E-state index contributed by atoms with van der Waals surface area (Å²) in [6, 6.07) is 0. The van der Waals surface area contributed by atoms with Crippen LogP contribution in [0.25, 0.3) is 0 Å². The average Bonchev–Trinajstić information content (AvgIpc) is 2.95. The van der Waals surface area contributed by atoms with Gasteiger partial charge in [0, 0.05) is 13.1 Å². The first-order chi connectivity index (χ1) is 9.99. The highest BCUT2D eigenvalue weighted by Crippen LogP contribution is 2.30. The van der Waals surface area contributed by atoms with Crippen molar-refractivity contribution < 1.29 is 0 Å². The molecule has 1 aliphatic rings. The number of nitrogens with zero attached hydrogens (tertiary/aromatic N) is 3. The van der Waals surface area contributed by atoms with Crippen molar-refractivity contribution >= 4 is 11.7 Å². The van der Waals surface area contributed by atoms with Gasteiger partial charge in [-0.25, -0.2) is 0 Å². The lowest BCUT2D eigenvalue weighted by Gasteiger charge is -2.23. The van der Waals surface area contributed by atoms with Crippen molar-refractivity contribution in [3.63, 3.8) is 0 Å². The third-order valence-electron chi connectivity index (χ3n) is 4.56. The molecule has 1 aromatic rings. The van der Waals surface area contributed by atoms with E-state index in [-0.39, 0.29) is 5.84 Å². The minimum atomic E-state index is 0.111. The van der Waals surface area contributed by atoms with E-state index in [4.69, 9.17) is 11.1 Å². The van der Waals surface area contributed by atoms with Gasteiger partial charge in [-0.15, -0.1) is 5.10 Å². The van der Waals surface area contributed by atoms with Crippen molar-refractivity contribution in [2.45, 2.75) is 47.0 Å². The van der Waals surface area contributed by atoms with Crippen LogP contribution in [0.15, 0.2) is 0 Å². The Morgan fingerprint density at radius 1 is 1.33 bits per heavy atom. The van der Waals surface area contributed by atoms with E-state index in [2.05, 4.69) is 42.8 Å². The van der Waals surface area contributed by atoms with Crippen LogP contribution < -0.4 is 10.6 Å². The fourth-order valence-electron chi connectivity index (χ4n) is 3.19. The molecule has 2 rings (SSSR count). The second kappa shape index (κ2) is 6.41. The molecule has 116 valence electrons. The lowest BCUT2D eigenvalue weighted by molar-refractivity contribution is 0.422. The van der Waals surface area contributed by atoms with Crippen molar-refractivity contribution in [2.75, 3.05) is 18.0 Å². The van der Waals surface area contributed by atoms with Gasteiger partial charge >= 0.3 is 0 Å². The summed E-state index contributed by atoms with van der Waals surface area (Å²) in [5, 5.41) is 16.8. The molecule has 2 heterocycles. The Balaban J connectivity index is 2.42. The molecule has 0 aliphatic carbocycles. The molecule has 0 spiro atoms. The topological polar surface area (TPSA) is 78.9 Å². The molecule has 0 amide bonds. The van der Waals surface area contributed by atoms with Crippen molar-refractivity contribution in [3.05, 3.63) is 16.8 Å². The Morgan fingerprint density at radius 3 is 2.52 bits per heavy atom. The molecule has 0 bridgehead atoms. The number of nitrogen functional groups attached to an aromatic ring is 1. The quantitative estimate of drug-likeness (QED) is 0.644. The zero-order chi connectivity index (χ0) is 15.6. The summed E-state index contributed by atoms with van der Waals surface area (Å²) in [7, 11) is 0. The minimum Gasteiger partial charge on any atom is -0.384 e. The van der Waals surface area contributed by atoms with Crippen LogP contribution in [0.4, 0.5) is 5.82 Å². The number of amidine groups is 1. The summed E-state index contributed by atoms with van der Waals surface area (Å²) in [6.07, 6.45) is 2.83. The van der Waals surface area contributed by atoms with E-state index in [0.717, 1.165) is 48.6 Å². The Labute approximate surface area is 127 Å². The third kappa shape index (κ3) is 3.01. The van der Waals surface area contributed by atoms with Gasteiger partial charge in [-0.3, -0.25) is 5.41 Å². The number of rotatable bonds is 5. The predicted octanol–water partition coefficient (Wildman–Crippen LogP) is 2.37. The summed E-state index contributed by atoms with van der Waals surface area (Å²) in [5.74, 6) is 2.27. The number of nitrogens with two attached hydrogens (primary N) is 1. The standard InChI is InChI=1S/C16H27N5/c1-5-12-13(6-2)19-20-16(14(12)15(17)18)21-8-7-11(9-21)10(3)4/h10-11H,5-9H2,1-4H3,(H3,17,18). The molecule has 1 saturated heterocycles. The zero-order valence-corrected chi connectivity index (χ0v) is 13.6. The predicted molar refractivity (Wildman–Crippen MR) is 87.0 cm³/mol. The van der Waals surface area contributed by atoms with E-state index in [1.807, 2.05) is 0 Å². The normalized spacial score (nSPS) is 18.5. The first-order valence-corrected chi connectivity index (χ1v) is 7.97. The van der Waals surface area contributed by atoms with Gasteiger partial charge in [-0.1, -0.05) is 27.7 Å². The third-order valence-corrected chi connectivity index (χ3v) is 4.56. The fourth-order valence-corrected chi connectivity index (χ4v) is 3.19. The second-order valence-corrected chi connectivity index (χ2v) is 6.18. The second-order valence-electron chi connectivity index (χ2n) is 6.18. The molecule has 0 radical (unpaired) electrons. The molecule has 5 nitrogen and oxygen atoms in total. The van der Waals surface area contributed by atoms with Gasteiger partial charge in [0.2, 0.25) is 0 Å². The highest BCUT2D eigenvalue weighted by Gasteiger charge is 2.29. The van der Waals surface area contributed by atoms with Crippen molar-refractivity contribution in [3.8, 4) is 0 Å². The van der Waals surface area contributed by atoms with Gasteiger partial charge in [0.05, 0.1) is 11.3 Å². The van der Waals surface area contributed by atoms with Crippen LogP contribution in [-0.4, -0.2) is 29.1 Å². The Bertz CT molecular complexity index is 524. The van der Waals surface area contributed by atoms with Gasteiger partial charge in [0.1, 0.15) is 5.84 Å². The van der Waals surface area contributed by atoms with E-state index in [0.29, 0.717) is 11.8 Å². The molecule has 21 heavy (non-hydrogen) atoms. The number of hydrogen-bond donors (Lipinski definition) is 2. The highest BCUT2D eigenvalue weighted by atomic mass is 15.3. The van der Waals surface area contributed by atoms with E-state index < -0.39 is 0 Å². The molecule has 1 atom stereocenters. The first kappa shape index (κ1) is 15.7. The number of nitrogens with one attached hydrogen (secondary N) is 1. The molecule has 3 N–H and O–H groups in total. The van der Waals surface area contributed by atoms with Crippen LogP contribution in [-0.2, 0) is 12.8 Å². The Kier molecular flexibility index (Phi) is 4.80. The fraction of sp³-hybridized carbons (Fsp3) is 0.688. The number of anilines is 1. The summed E-state index contributed by atoms with van der Waals surface area (Å²) >= 11 is 0. The van der Waals surface area contributed by atoms with Crippen molar-refractivity contribution in [2.24, 2.45) is 17.6 Å².